The molecule has 4 rings (SSSR count). The molecule has 1 aliphatic rings. The van der Waals surface area contributed by atoms with Crippen molar-refractivity contribution in [2.24, 2.45) is 0 Å². The molecular formula is C25H25F2N3O6S. The number of aromatic nitrogens is 1. The topological polar surface area (TPSA) is 107 Å². The van der Waals surface area contributed by atoms with Crippen LogP contribution in [0.3, 0.4) is 0 Å². The van der Waals surface area contributed by atoms with Crippen LogP contribution in [0.4, 0.5) is 20.2 Å². The predicted molar refractivity (Wildman–Crippen MR) is 132 cm³/mol. The van der Waals surface area contributed by atoms with E-state index in [1.54, 1.807) is 42.7 Å². The number of nitrogens with one attached hydrogen (secondary N) is 1. The molecule has 2 heterocycles. The summed E-state index contributed by atoms with van der Waals surface area (Å²) in [6.45, 7) is -2.25. The van der Waals surface area contributed by atoms with Crippen LogP contribution in [0.1, 0.15) is 28.8 Å². The van der Waals surface area contributed by atoms with Gasteiger partial charge in [-0.1, -0.05) is 12.1 Å². The first kappa shape index (κ1) is 26.3. The average molecular weight is 534 g/mol. The Morgan fingerprint density at radius 1 is 1.16 bits per heavy atom. The highest BCUT2D eigenvalue weighted by Crippen LogP contribution is 2.38. The Bertz CT molecular complexity index is 1340. The van der Waals surface area contributed by atoms with Gasteiger partial charge in [0.05, 0.1) is 12.9 Å². The summed E-state index contributed by atoms with van der Waals surface area (Å²) in [5, 5.41) is 0. The first-order valence-corrected chi connectivity index (χ1v) is 13.2. The molecular weight excluding hydrogens is 508 g/mol. The summed E-state index contributed by atoms with van der Waals surface area (Å²) in [5.74, 6) is -0.850. The van der Waals surface area contributed by atoms with Gasteiger partial charge in [-0.25, -0.2) is 13.1 Å². The van der Waals surface area contributed by atoms with Crippen LogP contribution in [0.15, 0.2) is 67.0 Å². The lowest BCUT2D eigenvalue weighted by molar-refractivity contribution is -0.0632. The van der Waals surface area contributed by atoms with Gasteiger partial charge in [-0.2, -0.15) is 8.78 Å². The smallest absolute Gasteiger partial charge is 0.387 e. The molecule has 0 aliphatic carbocycles. The highest BCUT2D eigenvalue weighted by atomic mass is 32.2. The second-order valence-corrected chi connectivity index (χ2v) is 10.0. The highest BCUT2D eigenvalue weighted by molar-refractivity contribution is 7.89. The van der Waals surface area contributed by atoms with Gasteiger partial charge in [-0.05, 0) is 48.4 Å². The van der Waals surface area contributed by atoms with Crippen molar-refractivity contribution in [3.63, 3.8) is 0 Å². The normalized spacial score (nSPS) is 15.4. The fourth-order valence-corrected chi connectivity index (χ4v) is 4.24. The van der Waals surface area contributed by atoms with Crippen LogP contribution in [0.25, 0.3) is 0 Å². The van der Waals surface area contributed by atoms with E-state index in [0.29, 0.717) is 30.9 Å². The van der Waals surface area contributed by atoms with Crippen LogP contribution in [0.5, 0.6) is 11.5 Å². The number of alkyl halides is 2. The number of ether oxygens (including phenoxy) is 3. The van der Waals surface area contributed by atoms with Crippen molar-refractivity contribution >= 4 is 27.3 Å². The Hall–Kier alpha value is -3.77. The highest BCUT2D eigenvalue weighted by Gasteiger charge is 2.22. The fourth-order valence-electron chi connectivity index (χ4n) is 3.78. The van der Waals surface area contributed by atoms with Gasteiger partial charge in [0, 0.05) is 48.4 Å². The number of carbonyl (C=O) groups is 1. The Morgan fingerprint density at radius 2 is 1.97 bits per heavy atom. The summed E-state index contributed by atoms with van der Waals surface area (Å²) < 4.78 is 67.2. The second kappa shape index (κ2) is 11.5. The largest absolute Gasteiger partial charge is 0.461 e. The van der Waals surface area contributed by atoms with Gasteiger partial charge >= 0.3 is 6.61 Å². The summed E-state index contributed by atoms with van der Waals surface area (Å²) in [4.78, 5) is 18.4. The number of anilines is 2. The van der Waals surface area contributed by atoms with Gasteiger partial charge in [-0.3, -0.25) is 9.78 Å². The van der Waals surface area contributed by atoms with Gasteiger partial charge in [0.1, 0.15) is 0 Å². The maximum absolute atomic E-state index is 13.1. The Balaban J connectivity index is 1.74. The molecule has 1 aromatic heterocycles. The number of nitrogens with zero attached hydrogens (tertiary/aromatic N) is 2. The number of sulfonamides is 1. The molecule has 37 heavy (non-hydrogen) atoms. The fraction of sp³-hybridized carbons (Fsp3) is 0.280. The van der Waals surface area contributed by atoms with Crippen molar-refractivity contribution in [2.45, 2.75) is 32.3 Å². The Kier molecular flexibility index (Phi) is 8.19. The molecule has 2 aromatic carbocycles. The van der Waals surface area contributed by atoms with Gasteiger partial charge in [-0.15, -0.1) is 0 Å². The van der Waals surface area contributed by atoms with Crippen molar-refractivity contribution in [3.05, 3.63) is 78.1 Å². The number of pyridine rings is 1. The molecule has 0 bridgehead atoms. The zero-order valence-electron chi connectivity index (χ0n) is 19.8. The first-order valence-electron chi connectivity index (χ1n) is 11.3. The predicted octanol–water partition coefficient (Wildman–Crippen LogP) is 4.23. The number of hydrogen-bond donors (Lipinski definition) is 1. The maximum Gasteiger partial charge on any atom is 0.387 e. The number of hydrogen-bond acceptors (Lipinski definition) is 8. The minimum atomic E-state index is -3.76. The van der Waals surface area contributed by atoms with Gasteiger partial charge < -0.3 is 19.1 Å². The third-order valence-electron chi connectivity index (χ3n) is 5.36. The number of rotatable bonds is 10. The molecule has 1 amide bonds. The van der Waals surface area contributed by atoms with Gasteiger partial charge in [0.15, 0.2) is 17.8 Å². The van der Waals surface area contributed by atoms with Crippen molar-refractivity contribution in [2.75, 3.05) is 17.8 Å². The molecule has 1 atom stereocenters. The number of benzene rings is 2. The second-order valence-electron chi connectivity index (χ2n) is 8.27. The van der Waals surface area contributed by atoms with E-state index >= 15 is 0 Å². The molecule has 196 valence electrons. The Labute approximate surface area is 213 Å². The van der Waals surface area contributed by atoms with E-state index in [4.69, 9.17) is 9.47 Å². The lowest BCUT2D eigenvalue weighted by Crippen LogP contribution is -2.29. The Morgan fingerprint density at radius 3 is 2.65 bits per heavy atom. The molecule has 3 aromatic rings. The summed E-state index contributed by atoms with van der Waals surface area (Å²) in [6, 6.07) is 14.5. The number of halogens is 2. The molecule has 1 aliphatic heterocycles. The molecule has 9 nitrogen and oxygen atoms in total. The van der Waals surface area contributed by atoms with E-state index in [1.807, 2.05) is 15.7 Å². The van der Waals surface area contributed by atoms with Gasteiger partial charge in [0.25, 0.3) is 5.91 Å². The molecule has 0 saturated carbocycles. The van der Waals surface area contributed by atoms with Crippen molar-refractivity contribution in [1.82, 2.24) is 9.71 Å². The zero-order valence-corrected chi connectivity index (χ0v) is 20.7. The lowest BCUT2D eigenvalue weighted by Gasteiger charge is -2.27. The van der Waals surface area contributed by atoms with E-state index in [2.05, 4.69) is 9.72 Å². The van der Waals surface area contributed by atoms with E-state index < -0.39 is 28.8 Å². The third-order valence-corrected chi connectivity index (χ3v) is 5.92. The van der Waals surface area contributed by atoms with Crippen molar-refractivity contribution < 1.29 is 36.2 Å². The van der Waals surface area contributed by atoms with Crippen molar-refractivity contribution in [1.29, 1.82) is 0 Å². The van der Waals surface area contributed by atoms with E-state index in [-0.39, 0.29) is 17.1 Å². The van der Waals surface area contributed by atoms with Crippen LogP contribution in [0.2, 0.25) is 0 Å². The first-order chi connectivity index (χ1) is 17.7. The standard InChI is InChI=1S/C25H25F2N3O6S/c1-37(32,33)29-24(31)18-6-2-7-19(13-18)30(16-17-5-3-11-28-15-17)20-9-10-21(36-25(26)27)22(14-20)35-23-8-4-12-34-23/h2-3,5-7,9-11,13-15,23,25H,4,8,12,16H2,1H3,(H,29,31). The van der Waals surface area contributed by atoms with E-state index in [1.165, 1.54) is 18.2 Å². The van der Waals surface area contributed by atoms with Crippen LogP contribution < -0.4 is 19.1 Å². The third kappa shape index (κ3) is 7.37. The average Bonchev–Trinajstić information content (AvgIpc) is 3.36. The summed E-state index contributed by atoms with van der Waals surface area (Å²) >= 11 is 0. The van der Waals surface area contributed by atoms with Crippen LogP contribution >= 0.6 is 0 Å². The molecule has 12 heteroatoms. The SMILES string of the molecule is CS(=O)(=O)NC(=O)c1cccc(N(Cc2cccnc2)c2ccc(OC(F)F)c(OC3CCCO3)c2)c1. The number of carbonyl (C=O) groups excluding carboxylic acids is 1. The summed E-state index contributed by atoms with van der Waals surface area (Å²) in [7, 11) is -3.76. The quantitative estimate of drug-likeness (QED) is 0.413. The molecule has 0 spiro atoms. The summed E-state index contributed by atoms with van der Waals surface area (Å²) in [6.07, 6.45) is 4.99. The molecule has 1 fully saturated rings. The zero-order chi connectivity index (χ0) is 26.4. The minimum absolute atomic E-state index is 0.0758. The molecule has 0 radical (unpaired) electrons. The van der Waals surface area contributed by atoms with E-state index in [9.17, 15) is 22.0 Å². The van der Waals surface area contributed by atoms with Crippen molar-refractivity contribution in [3.8, 4) is 11.5 Å². The summed E-state index contributed by atoms with van der Waals surface area (Å²) in [5.41, 5.74) is 2.02. The lowest BCUT2D eigenvalue weighted by atomic mass is 10.1. The van der Waals surface area contributed by atoms with Crippen LogP contribution in [0, 0.1) is 0 Å². The minimum Gasteiger partial charge on any atom is -0.461 e. The molecule has 1 N–H and O–H groups in total. The number of amides is 1. The van der Waals surface area contributed by atoms with Gasteiger partial charge in [0.2, 0.25) is 10.0 Å². The maximum atomic E-state index is 13.1. The molecule has 1 saturated heterocycles. The molecule has 1 unspecified atom stereocenters. The van der Waals surface area contributed by atoms with E-state index in [0.717, 1.165) is 18.2 Å². The van der Waals surface area contributed by atoms with Crippen LogP contribution in [-0.2, 0) is 21.3 Å². The monoisotopic (exact) mass is 533 g/mol. The van der Waals surface area contributed by atoms with Crippen LogP contribution in [-0.4, -0.2) is 45.1 Å².